The monoisotopic (exact) mass is 1060 g/mol. The Morgan fingerprint density at radius 1 is 0.600 bits per heavy atom. The molecule has 0 saturated carbocycles. The van der Waals surface area contributed by atoms with Crippen LogP contribution in [0, 0.1) is 83.6 Å². The van der Waals surface area contributed by atoms with Crippen molar-refractivity contribution in [1.29, 1.82) is 0 Å². The van der Waals surface area contributed by atoms with E-state index in [9.17, 15) is 43.9 Å². The second kappa shape index (κ2) is 18.0. The Hall–Kier alpha value is -1.67. The molecule has 250 valence electrons. The van der Waals surface area contributed by atoms with Gasteiger partial charge in [0.05, 0.1) is 58.2 Å². The van der Waals surface area contributed by atoms with E-state index in [0.717, 1.165) is 27.1 Å². The van der Waals surface area contributed by atoms with Crippen molar-refractivity contribution in [2.45, 2.75) is 0 Å². The van der Waals surface area contributed by atoms with Crippen LogP contribution in [0.25, 0.3) is 0 Å². The van der Waals surface area contributed by atoms with Crippen LogP contribution in [0.1, 0.15) is 0 Å². The second-order valence-corrected chi connectivity index (χ2v) is 17.0. The van der Waals surface area contributed by atoms with Crippen LogP contribution in [-0.4, -0.2) is 23.3 Å². The van der Waals surface area contributed by atoms with E-state index in [1.54, 1.807) is 11.4 Å². The summed E-state index contributed by atoms with van der Waals surface area (Å²) in [6.07, 6.45) is 0. The SMILES string of the molecule is Fc1[c-]c(F)c(F)c(F)c1F.Fc1[c-]c(F)c(F)c(F)c1F.[Au+3].[Au+].[CH2-]P([CH2-])(SC(=S)N(C)C)(c1ccccc1)c1ccccc1. The van der Waals surface area contributed by atoms with Crippen molar-refractivity contribution in [3.63, 3.8) is 0 Å². The fourth-order valence-electron chi connectivity index (χ4n) is 3.06. The molecular weight excluding hydrogens is 1040 g/mol. The Morgan fingerprint density at radius 3 is 1.11 bits per heavy atom. The van der Waals surface area contributed by atoms with Gasteiger partial charge in [0.1, 0.15) is 0 Å². The Balaban J connectivity index is 0.000000688. The van der Waals surface area contributed by atoms with E-state index in [1.165, 1.54) is 0 Å². The van der Waals surface area contributed by atoms with Crippen LogP contribution in [0.4, 0.5) is 43.9 Å². The molecule has 0 amide bonds. The first-order chi connectivity index (χ1) is 19.9. The molecule has 16 heteroatoms. The molecule has 0 N–H and O–H groups in total. The van der Waals surface area contributed by atoms with Gasteiger partial charge in [0, 0.05) is 0 Å². The van der Waals surface area contributed by atoms with Gasteiger partial charge >= 0.3 is 182 Å². The minimum absolute atomic E-state index is 0. The van der Waals surface area contributed by atoms with E-state index < -0.39 is 64.0 Å². The molecule has 0 saturated heterocycles. The van der Waals surface area contributed by atoms with Crippen LogP contribution in [-0.2, 0) is 44.8 Å². The van der Waals surface area contributed by atoms with E-state index >= 15 is 0 Å². The zero-order valence-corrected chi connectivity index (χ0v) is 29.6. The van der Waals surface area contributed by atoms with E-state index in [4.69, 9.17) is 12.2 Å². The normalized spacial score (nSPS) is 11.2. The summed E-state index contributed by atoms with van der Waals surface area (Å²) in [5.41, 5.74) is 0. The summed E-state index contributed by atoms with van der Waals surface area (Å²) in [5.74, 6) is -23.0. The Labute approximate surface area is 294 Å². The Morgan fingerprint density at radius 2 is 0.867 bits per heavy atom. The van der Waals surface area contributed by atoms with Crippen LogP contribution in [0.3, 0.4) is 0 Å². The van der Waals surface area contributed by atoms with Crippen molar-refractivity contribution in [2.75, 3.05) is 14.1 Å². The molecule has 1 nitrogen and oxygen atoms in total. The molecule has 4 aromatic carbocycles. The molecule has 0 aliphatic carbocycles. The molecule has 0 aromatic heterocycles. The average molecular weight is 1060 g/mol. The quantitative estimate of drug-likeness (QED) is 0.0385. The standard InChI is InChI=1S/C17H20NPS2.2C6F5.2Au/c1-18(2)17(20)21-19(3,4,15-11-7-5-8-12-15)16-13-9-6-10-14-16;2*7-2-1-3(8)5(10)6(11)4(2)9;;/h5-14H,3-4H2,1-2H3;;;;/q-2;2*-1;+1;+3. The summed E-state index contributed by atoms with van der Waals surface area (Å²) in [5, 5.41) is 2.31. The first-order valence-electron chi connectivity index (χ1n) is 11.5. The molecule has 0 heterocycles. The molecule has 4 aromatic rings. The molecule has 0 unspecified atom stereocenters. The van der Waals surface area contributed by atoms with Gasteiger partial charge in [-0.05, 0) is 0 Å². The summed E-state index contributed by atoms with van der Waals surface area (Å²) in [6.45, 7) is 9.27. The van der Waals surface area contributed by atoms with Crippen molar-refractivity contribution in [1.82, 2.24) is 4.90 Å². The van der Waals surface area contributed by atoms with E-state index in [0.29, 0.717) is 0 Å². The summed E-state index contributed by atoms with van der Waals surface area (Å²) in [6, 6.07) is 22.7. The molecule has 0 aliphatic rings. The summed E-state index contributed by atoms with van der Waals surface area (Å²) < 4.78 is 121. The maximum absolute atomic E-state index is 12.0. The van der Waals surface area contributed by atoms with Gasteiger partial charge in [0.25, 0.3) is 0 Å². The number of hydrogen-bond acceptors (Lipinski definition) is 2. The van der Waals surface area contributed by atoms with Gasteiger partial charge in [0.15, 0.2) is 0 Å². The van der Waals surface area contributed by atoms with Crippen LogP contribution in [0.15, 0.2) is 60.7 Å². The summed E-state index contributed by atoms with van der Waals surface area (Å²) in [7, 11) is 3.92. The van der Waals surface area contributed by atoms with Crippen molar-refractivity contribution in [3.8, 4) is 0 Å². The van der Waals surface area contributed by atoms with E-state index in [1.807, 2.05) is 55.4 Å². The van der Waals surface area contributed by atoms with Gasteiger partial charge in [0.2, 0.25) is 0 Å². The van der Waals surface area contributed by atoms with Gasteiger partial charge in [-0.2, -0.15) is 0 Å². The third kappa shape index (κ3) is 10.7. The molecule has 0 fully saturated rings. The number of benzene rings is 4. The van der Waals surface area contributed by atoms with Crippen LogP contribution < -0.4 is 10.6 Å². The molecule has 0 radical (unpaired) electrons. The topological polar surface area (TPSA) is 3.24 Å². The molecule has 0 bridgehead atoms. The maximum atomic E-state index is 12.0. The number of hydrogen-bond donors (Lipinski definition) is 0. The first-order valence-corrected chi connectivity index (χ1v) is 15.9. The molecule has 0 spiro atoms. The fraction of sp³-hybridized carbons (Fsp3) is 0.0690. The van der Waals surface area contributed by atoms with Crippen molar-refractivity contribution >= 4 is 44.3 Å². The predicted molar refractivity (Wildman–Crippen MR) is 154 cm³/mol. The Kier molecular flexibility index (Phi) is 17.4. The van der Waals surface area contributed by atoms with Gasteiger partial charge in [-0.25, -0.2) is 26.3 Å². The number of nitrogens with zero attached hydrogens (tertiary/aromatic N) is 1. The van der Waals surface area contributed by atoms with Gasteiger partial charge in [-0.1, -0.05) is 0 Å². The van der Waals surface area contributed by atoms with Gasteiger partial charge in [-0.3, -0.25) is 17.6 Å². The third-order valence-electron chi connectivity index (χ3n) is 5.36. The van der Waals surface area contributed by atoms with Crippen molar-refractivity contribution in [3.05, 3.63) is 144 Å². The zero-order valence-electron chi connectivity index (χ0n) is 22.8. The minimum atomic E-state index is -2.89. The second-order valence-electron chi connectivity index (χ2n) is 8.72. The molecule has 4 rings (SSSR count). The van der Waals surface area contributed by atoms with Gasteiger partial charge in [-0.15, -0.1) is 12.1 Å². The van der Waals surface area contributed by atoms with Gasteiger partial charge < -0.3 is 0 Å². The number of rotatable bonds is 3. The first kappa shape index (κ1) is 43.3. The van der Waals surface area contributed by atoms with Crippen LogP contribution in [0.5, 0.6) is 0 Å². The number of halogens is 10. The Bertz CT molecular complexity index is 1440. The predicted octanol–water partition coefficient (Wildman–Crippen LogP) is 8.63. The van der Waals surface area contributed by atoms with Crippen molar-refractivity contribution in [2.24, 2.45) is 0 Å². The van der Waals surface area contributed by atoms with Crippen LogP contribution >= 0.6 is 29.4 Å². The average Bonchev–Trinajstić information content (AvgIpc) is 2.98. The van der Waals surface area contributed by atoms with E-state index in [2.05, 4.69) is 37.6 Å². The van der Waals surface area contributed by atoms with E-state index in [-0.39, 0.29) is 44.8 Å². The molecule has 45 heavy (non-hydrogen) atoms. The van der Waals surface area contributed by atoms with Crippen molar-refractivity contribution < 1.29 is 88.7 Å². The fourth-order valence-corrected chi connectivity index (χ4v) is 10.4. The summed E-state index contributed by atoms with van der Waals surface area (Å²) in [4.78, 5) is 1.95. The molecular formula is C29H20Au2F10NPS2. The summed E-state index contributed by atoms with van der Waals surface area (Å²) >= 11 is 7.17. The molecule has 0 aliphatic heterocycles. The number of thiocarbonyl (C=S) groups is 1. The molecule has 0 atom stereocenters. The third-order valence-corrected chi connectivity index (χ3v) is 13.4. The van der Waals surface area contributed by atoms with Crippen LogP contribution in [0.2, 0.25) is 0 Å². The zero-order chi connectivity index (χ0) is 32.7.